The average Bonchev–Trinajstić information content (AvgIpc) is 3.52. The first kappa shape index (κ1) is 31.1. The fraction of sp³-hybridized carbons (Fsp3) is 0.0476. The summed E-state index contributed by atoms with van der Waals surface area (Å²) in [6, 6.07) is 45.1. The standard InChI is InChI=1S/C31H20N3O.C11H8N.Ir/c1-18-15-27-22(5-4-13-32-27)16-26(18)21-12-14-33-28(17-21)25-7-3-6-23-24-11-10-20-9-8-19(2)34-29(20)31(24)35-30(23)25;1-2-6-10(7-3-1)11-8-4-5-9-12-11;/h3-6,8-17H,1-2H3;1-6,8-9H;/q2*-1;. The van der Waals surface area contributed by atoms with E-state index in [9.17, 15) is 0 Å². The molecule has 9 aromatic rings. The van der Waals surface area contributed by atoms with Crippen LogP contribution in [0.2, 0.25) is 0 Å². The van der Waals surface area contributed by atoms with Crippen LogP contribution in [-0.2, 0) is 20.1 Å². The second kappa shape index (κ2) is 13.3. The zero-order valence-electron chi connectivity index (χ0n) is 26.2. The van der Waals surface area contributed by atoms with Crippen LogP contribution in [-0.4, -0.2) is 19.9 Å². The number of hydrogen-bond donors (Lipinski definition) is 0. The Hall–Kier alpha value is -5.55. The molecule has 0 unspecified atom stereocenters. The van der Waals surface area contributed by atoms with Crippen LogP contribution in [0.4, 0.5) is 0 Å². The molecular formula is C42H28IrN4O-2. The van der Waals surface area contributed by atoms with E-state index in [4.69, 9.17) is 14.4 Å². The van der Waals surface area contributed by atoms with Crippen molar-refractivity contribution in [3.05, 3.63) is 157 Å². The summed E-state index contributed by atoms with van der Waals surface area (Å²) in [6.07, 6.45) is 5.47. The van der Waals surface area contributed by atoms with E-state index >= 15 is 0 Å². The molecular weight excluding hydrogens is 769 g/mol. The van der Waals surface area contributed by atoms with Crippen molar-refractivity contribution >= 4 is 43.7 Å². The molecule has 5 aromatic heterocycles. The fourth-order valence-corrected chi connectivity index (χ4v) is 6.02. The van der Waals surface area contributed by atoms with Gasteiger partial charge in [0.05, 0.1) is 11.1 Å². The second-order valence-corrected chi connectivity index (χ2v) is 11.4. The number of pyridine rings is 4. The zero-order chi connectivity index (χ0) is 31.7. The molecule has 6 heteroatoms. The average molecular weight is 797 g/mol. The molecule has 9 rings (SSSR count). The van der Waals surface area contributed by atoms with Crippen molar-refractivity contribution < 1.29 is 24.5 Å². The number of furan rings is 1. The molecule has 0 aliphatic carbocycles. The number of aryl methyl sites for hydroxylation is 2. The van der Waals surface area contributed by atoms with Crippen molar-refractivity contribution in [2.45, 2.75) is 13.8 Å². The molecule has 0 amide bonds. The Morgan fingerprint density at radius 2 is 1.44 bits per heavy atom. The summed E-state index contributed by atoms with van der Waals surface area (Å²) in [6.45, 7) is 4.12. The number of aromatic nitrogens is 4. The third-order valence-corrected chi connectivity index (χ3v) is 8.32. The van der Waals surface area contributed by atoms with Crippen LogP contribution in [0, 0.1) is 26.0 Å². The van der Waals surface area contributed by atoms with Gasteiger partial charge in [-0.25, -0.2) is 4.98 Å². The van der Waals surface area contributed by atoms with Crippen LogP contribution in [0.5, 0.6) is 0 Å². The van der Waals surface area contributed by atoms with Crippen molar-refractivity contribution in [3.63, 3.8) is 0 Å². The Labute approximate surface area is 291 Å². The van der Waals surface area contributed by atoms with E-state index in [1.807, 2.05) is 86.0 Å². The van der Waals surface area contributed by atoms with Crippen LogP contribution >= 0.6 is 0 Å². The first-order chi connectivity index (χ1) is 23.1. The molecule has 0 atom stereocenters. The van der Waals surface area contributed by atoms with Crippen LogP contribution in [0.3, 0.4) is 0 Å². The van der Waals surface area contributed by atoms with E-state index in [1.54, 1.807) is 6.20 Å². The Balaban J connectivity index is 0.000000237. The third-order valence-electron chi connectivity index (χ3n) is 8.32. The van der Waals surface area contributed by atoms with Gasteiger partial charge in [-0.3, -0.25) is 4.98 Å². The number of rotatable bonds is 3. The molecule has 233 valence electrons. The third kappa shape index (κ3) is 5.88. The van der Waals surface area contributed by atoms with Crippen molar-refractivity contribution in [1.29, 1.82) is 0 Å². The van der Waals surface area contributed by atoms with E-state index in [-0.39, 0.29) is 20.1 Å². The molecule has 0 saturated carbocycles. The molecule has 5 nitrogen and oxygen atoms in total. The molecule has 4 aromatic carbocycles. The number of hydrogen-bond acceptors (Lipinski definition) is 5. The molecule has 0 aliphatic rings. The predicted molar refractivity (Wildman–Crippen MR) is 190 cm³/mol. The van der Waals surface area contributed by atoms with Gasteiger partial charge < -0.3 is 14.4 Å². The Bertz CT molecular complexity index is 2510. The molecule has 0 bridgehead atoms. The smallest absolute Gasteiger partial charge is 0.147 e. The normalized spacial score (nSPS) is 11.0. The van der Waals surface area contributed by atoms with Crippen molar-refractivity contribution in [2.75, 3.05) is 0 Å². The zero-order valence-corrected chi connectivity index (χ0v) is 28.6. The van der Waals surface area contributed by atoms with Gasteiger partial charge >= 0.3 is 0 Å². The van der Waals surface area contributed by atoms with Crippen molar-refractivity contribution in [1.82, 2.24) is 19.9 Å². The van der Waals surface area contributed by atoms with Gasteiger partial charge in [0.15, 0.2) is 0 Å². The maximum atomic E-state index is 6.49. The Morgan fingerprint density at radius 3 is 2.29 bits per heavy atom. The minimum atomic E-state index is 0. The van der Waals surface area contributed by atoms with Crippen molar-refractivity contribution in [3.8, 4) is 33.6 Å². The summed E-state index contributed by atoms with van der Waals surface area (Å²) in [5.41, 5.74) is 11.5. The SMILES string of the molecule is Cc1ccc2ccc3c4cc[c-]c(-c5cc(-c6cc7cccnc7cc6C)ccn5)c4oc3c2n1.[Ir].[c-]1ccccc1-c1ccccn1. The van der Waals surface area contributed by atoms with Crippen LogP contribution in [0.1, 0.15) is 11.3 Å². The second-order valence-electron chi connectivity index (χ2n) is 11.4. The van der Waals surface area contributed by atoms with Crippen LogP contribution in [0.15, 0.2) is 138 Å². The Morgan fingerprint density at radius 1 is 0.604 bits per heavy atom. The first-order valence-electron chi connectivity index (χ1n) is 15.5. The number of benzene rings is 4. The van der Waals surface area contributed by atoms with Gasteiger partial charge in [-0.15, -0.1) is 54.1 Å². The van der Waals surface area contributed by atoms with Gasteiger partial charge in [-0.2, -0.15) is 0 Å². The fourth-order valence-electron chi connectivity index (χ4n) is 6.02. The minimum absolute atomic E-state index is 0. The summed E-state index contributed by atoms with van der Waals surface area (Å²) < 4.78 is 6.49. The van der Waals surface area contributed by atoms with E-state index in [2.05, 4.69) is 77.6 Å². The maximum Gasteiger partial charge on any atom is 0.147 e. The first-order valence-corrected chi connectivity index (χ1v) is 15.5. The summed E-state index contributed by atoms with van der Waals surface area (Å²) in [4.78, 5) is 18.2. The van der Waals surface area contributed by atoms with Gasteiger partial charge in [0, 0.05) is 60.5 Å². The van der Waals surface area contributed by atoms with Crippen LogP contribution < -0.4 is 0 Å². The molecule has 0 N–H and O–H groups in total. The largest absolute Gasteiger partial charge is 0.498 e. The number of nitrogens with zero attached hydrogens (tertiary/aromatic N) is 4. The predicted octanol–water partition coefficient (Wildman–Crippen LogP) is 10.4. The van der Waals surface area contributed by atoms with Gasteiger partial charge in [0.25, 0.3) is 0 Å². The quantitative estimate of drug-likeness (QED) is 0.167. The monoisotopic (exact) mass is 797 g/mol. The van der Waals surface area contributed by atoms with E-state index in [1.165, 1.54) is 5.56 Å². The summed E-state index contributed by atoms with van der Waals surface area (Å²) in [5.74, 6) is 0. The van der Waals surface area contributed by atoms with E-state index < -0.39 is 0 Å². The van der Waals surface area contributed by atoms with E-state index in [0.29, 0.717) is 0 Å². The summed E-state index contributed by atoms with van der Waals surface area (Å²) in [5, 5.41) is 4.27. The molecule has 0 aliphatic heterocycles. The van der Waals surface area contributed by atoms with Gasteiger partial charge in [0.1, 0.15) is 11.1 Å². The molecule has 1 radical (unpaired) electrons. The molecule has 0 fully saturated rings. The topological polar surface area (TPSA) is 64.7 Å². The Kier molecular flexibility index (Phi) is 8.60. The van der Waals surface area contributed by atoms with Gasteiger partial charge in [-0.1, -0.05) is 53.4 Å². The molecule has 0 saturated heterocycles. The summed E-state index contributed by atoms with van der Waals surface area (Å²) >= 11 is 0. The summed E-state index contributed by atoms with van der Waals surface area (Å²) in [7, 11) is 0. The maximum absolute atomic E-state index is 6.49. The molecule has 5 heterocycles. The minimum Gasteiger partial charge on any atom is -0.498 e. The molecule has 0 spiro atoms. The van der Waals surface area contributed by atoms with E-state index in [0.717, 1.165) is 83.1 Å². The van der Waals surface area contributed by atoms with Crippen LogP contribution in [0.25, 0.3) is 77.4 Å². The van der Waals surface area contributed by atoms with Gasteiger partial charge in [-0.05, 0) is 78.3 Å². The van der Waals surface area contributed by atoms with Crippen molar-refractivity contribution in [2.24, 2.45) is 0 Å². The van der Waals surface area contributed by atoms with Gasteiger partial charge in [0.2, 0.25) is 0 Å². The molecule has 48 heavy (non-hydrogen) atoms. The number of fused-ring (bicyclic) bond motifs is 6.